The molecule has 0 saturated carbocycles. The van der Waals surface area contributed by atoms with Crippen molar-refractivity contribution in [3.63, 3.8) is 0 Å². The lowest BCUT2D eigenvalue weighted by Gasteiger charge is -2.22. The molecule has 1 unspecified atom stereocenters. The minimum Gasteiger partial charge on any atom is -0.313 e. The molecular formula is C15H35N3. The second-order valence-electron chi connectivity index (χ2n) is 5.05. The Morgan fingerprint density at radius 1 is 0.833 bits per heavy atom. The molecule has 0 amide bonds. The standard InChI is InChI=1S/C15H35N3/c1-6-17(7-2)13-10-11-15(5)16-12-14-18(8-3)9-4/h15-16H,6-14H2,1-5H3. The van der Waals surface area contributed by atoms with E-state index in [9.17, 15) is 0 Å². The summed E-state index contributed by atoms with van der Waals surface area (Å²) < 4.78 is 0. The van der Waals surface area contributed by atoms with Crippen LogP contribution in [-0.4, -0.2) is 61.7 Å². The van der Waals surface area contributed by atoms with E-state index < -0.39 is 0 Å². The number of likely N-dealkylation sites (N-methyl/N-ethyl adjacent to an activating group) is 1. The van der Waals surface area contributed by atoms with Crippen molar-refractivity contribution in [3.8, 4) is 0 Å². The van der Waals surface area contributed by atoms with Gasteiger partial charge in [0.1, 0.15) is 0 Å². The Morgan fingerprint density at radius 3 is 1.83 bits per heavy atom. The predicted molar refractivity (Wildman–Crippen MR) is 82.3 cm³/mol. The van der Waals surface area contributed by atoms with Gasteiger partial charge in [-0.3, -0.25) is 0 Å². The molecule has 0 aromatic rings. The summed E-state index contributed by atoms with van der Waals surface area (Å²) in [7, 11) is 0. The zero-order valence-corrected chi connectivity index (χ0v) is 13.3. The van der Waals surface area contributed by atoms with Gasteiger partial charge < -0.3 is 15.1 Å². The van der Waals surface area contributed by atoms with Crippen molar-refractivity contribution in [3.05, 3.63) is 0 Å². The van der Waals surface area contributed by atoms with Gasteiger partial charge in [-0.15, -0.1) is 0 Å². The van der Waals surface area contributed by atoms with Crippen molar-refractivity contribution >= 4 is 0 Å². The first-order valence-corrected chi connectivity index (χ1v) is 7.85. The Balaban J connectivity index is 3.50. The van der Waals surface area contributed by atoms with Crippen LogP contribution in [0.2, 0.25) is 0 Å². The third-order valence-electron chi connectivity index (χ3n) is 3.82. The van der Waals surface area contributed by atoms with Crippen molar-refractivity contribution in [2.45, 2.75) is 53.5 Å². The maximum absolute atomic E-state index is 3.63. The summed E-state index contributed by atoms with van der Waals surface area (Å²) in [6.07, 6.45) is 2.59. The number of nitrogens with one attached hydrogen (secondary N) is 1. The Hall–Kier alpha value is -0.120. The second kappa shape index (κ2) is 11.9. The minimum atomic E-state index is 0.649. The van der Waals surface area contributed by atoms with Gasteiger partial charge >= 0.3 is 0 Å². The van der Waals surface area contributed by atoms with Crippen LogP contribution in [0, 0.1) is 0 Å². The third kappa shape index (κ3) is 8.90. The molecule has 1 N–H and O–H groups in total. The van der Waals surface area contributed by atoms with Gasteiger partial charge in [-0.1, -0.05) is 27.7 Å². The van der Waals surface area contributed by atoms with Gasteiger partial charge in [0.15, 0.2) is 0 Å². The molecule has 0 aliphatic heterocycles. The van der Waals surface area contributed by atoms with Crippen molar-refractivity contribution in [1.29, 1.82) is 0 Å². The smallest absolute Gasteiger partial charge is 0.0107 e. The van der Waals surface area contributed by atoms with Crippen LogP contribution in [0.15, 0.2) is 0 Å². The van der Waals surface area contributed by atoms with E-state index in [0.29, 0.717) is 6.04 Å². The number of hydrogen-bond acceptors (Lipinski definition) is 3. The Bertz CT molecular complexity index is 147. The van der Waals surface area contributed by atoms with Gasteiger partial charge in [0, 0.05) is 19.1 Å². The SMILES string of the molecule is CCN(CC)CCCC(C)NCCN(CC)CC. The minimum absolute atomic E-state index is 0.649. The van der Waals surface area contributed by atoms with E-state index in [1.54, 1.807) is 0 Å². The van der Waals surface area contributed by atoms with E-state index in [1.165, 1.54) is 39.0 Å². The summed E-state index contributed by atoms with van der Waals surface area (Å²) in [4.78, 5) is 4.97. The molecule has 0 heterocycles. The lowest BCUT2D eigenvalue weighted by Crippen LogP contribution is -2.36. The van der Waals surface area contributed by atoms with Crippen LogP contribution >= 0.6 is 0 Å². The van der Waals surface area contributed by atoms with Crippen molar-refractivity contribution in [1.82, 2.24) is 15.1 Å². The zero-order chi connectivity index (χ0) is 13.8. The Morgan fingerprint density at radius 2 is 1.33 bits per heavy atom. The fourth-order valence-corrected chi connectivity index (χ4v) is 2.27. The molecule has 0 fully saturated rings. The summed E-state index contributed by atoms with van der Waals surface area (Å²) in [5.41, 5.74) is 0. The first-order chi connectivity index (χ1) is 8.67. The van der Waals surface area contributed by atoms with Crippen LogP contribution in [0.4, 0.5) is 0 Å². The first kappa shape index (κ1) is 17.9. The molecule has 0 aliphatic rings. The molecule has 0 rings (SSSR count). The van der Waals surface area contributed by atoms with E-state index in [2.05, 4.69) is 49.7 Å². The van der Waals surface area contributed by atoms with E-state index >= 15 is 0 Å². The number of hydrogen-bond donors (Lipinski definition) is 1. The van der Waals surface area contributed by atoms with E-state index in [1.807, 2.05) is 0 Å². The molecule has 0 spiro atoms. The van der Waals surface area contributed by atoms with Gasteiger partial charge in [-0.25, -0.2) is 0 Å². The average molecular weight is 257 g/mol. The third-order valence-corrected chi connectivity index (χ3v) is 3.82. The molecule has 0 aliphatic carbocycles. The lowest BCUT2D eigenvalue weighted by atomic mass is 10.1. The van der Waals surface area contributed by atoms with E-state index in [0.717, 1.165) is 19.6 Å². The molecule has 0 bridgehead atoms. The average Bonchev–Trinajstić information content (AvgIpc) is 2.40. The normalized spacial score (nSPS) is 13.5. The van der Waals surface area contributed by atoms with Crippen molar-refractivity contribution < 1.29 is 0 Å². The topological polar surface area (TPSA) is 18.5 Å². The quantitative estimate of drug-likeness (QED) is 0.579. The number of nitrogens with zero attached hydrogens (tertiary/aromatic N) is 2. The van der Waals surface area contributed by atoms with Crippen molar-refractivity contribution in [2.24, 2.45) is 0 Å². The van der Waals surface area contributed by atoms with Crippen LogP contribution in [0.5, 0.6) is 0 Å². The van der Waals surface area contributed by atoms with Gasteiger partial charge in [0.05, 0.1) is 0 Å². The van der Waals surface area contributed by atoms with Gasteiger partial charge in [0.2, 0.25) is 0 Å². The highest BCUT2D eigenvalue weighted by atomic mass is 15.1. The molecule has 18 heavy (non-hydrogen) atoms. The highest BCUT2D eigenvalue weighted by molar-refractivity contribution is 4.64. The van der Waals surface area contributed by atoms with Crippen LogP contribution < -0.4 is 5.32 Å². The molecule has 0 radical (unpaired) electrons. The van der Waals surface area contributed by atoms with E-state index in [-0.39, 0.29) is 0 Å². The highest BCUT2D eigenvalue weighted by Gasteiger charge is 2.04. The molecule has 3 heteroatoms. The summed E-state index contributed by atoms with van der Waals surface area (Å²) in [6, 6.07) is 0.649. The van der Waals surface area contributed by atoms with Crippen LogP contribution in [-0.2, 0) is 0 Å². The van der Waals surface area contributed by atoms with Gasteiger partial charge in [0.25, 0.3) is 0 Å². The van der Waals surface area contributed by atoms with E-state index in [4.69, 9.17) is 0 Å². The fourth-order valence-electron chi connectivity index (χ4n) is 2.27. The molecule has 110 valence electrons. The zero-order valence-electron chi connectivity index (χ0n) is 13.3. The second-order valence-corrected chi connectivity index (χ2v) is 5.05. The van der Waals surface area contributed by atoms with Crippen molar-refractivity contribution in [2.75, 3.05) is 45.8 Å². The highest BCUT2D eigenvalue weighted by Crippen LogP contribution is 1.99. The predicted octanol–water partition coefficient (Wildman–Crippen LogP) is 2.43. The van der Waals surface area contributed by atoms with Gasteiger partial charge in [-0.2, -0.15) is 0 Å². The lowest BCUT2D eigenvalue weighted by molar-refractivity contribution is 0.281. The fraction of sp³-hybridized carbons (Fsp3) is 1.00. The van der Waals surface area contributed by atoms with Crippen LogP contribution in [0.1, 0.15) is 47.5 Å². The molecule has 3 nitrogen and oxygen atoms in total. The Kier molecular flexibility index (Phi) is 11.9. The summed E-state index contributed by atoms with van der Waals surface area (Å²) in [6.45, 7) is 19.5. The molecule has 0 aromatic carbocycles. The molecule has 0 saturated heterocycles. The van der Waals surface area contributed by atoms with Crippen LogP contribution in [0.3, 0.4) is 0 Å². The summed E-state index contributed by atoms with van der Waals surface area (Å²) in [5, 5.41) is 3.63. The van der Waals surface area contributed by atoms with Crippen LogP contribution in [0.25, 0.3) is 0 Å². The summed E-state index contributed by atoms with van der Waals surface area (Å²) in [5.74, 6) is 0. The largest absolute Gasteiger partial charge is 0.313 e. The molecule has 0 aromatic heterocycles. The maximum Gasteiger partial charge on any atom is 0.0107 e. The molecular weight excluding hydrogens is 222 g/mol. The van der Waals surface area contributed by atoms with Gasteiger partial charge in [-0.05, 0) is 52.5 Å². The summed E-state index contributed by atoms with van der Waals surface area (Å²) >= 11 is 0. The monoisotopic (exact) mass is 257 g/mol. The number of rotatable bonds is 12. The molecule has 1 atom stereocenters. The maximum atomic E-state index is 3.63. The Labute approximate surface area is 115 Å². The first-order valence-electron chi connectivity index (χ1n) is 7.85.